The highest BCUT2D eigenvalue weighted by atomic mass is 19.2. The Balaban J connectivity index is 1.42. The molecular weight excluding hydrogens is 452 g/mol. The third-order valence-corrected chi connectivity index (χ3v) is 7.30. The molecule has 0 unspecified atom stereocenters. The summed E-state index contributed by atoms with van der Waals surface area (Å²) < 4.78 is 64.1. The fraction of sp³-hybridized carbons (Fsp3) is 0.400. The van der Waals surface area contributed by atoms with E-state index in [1.807, 2.05) is 6.92 Å². The van der Waals surface area contributed by atoms with Crippen LogP contribution in [0.4, 0.5) is 17.6 Å². The molecule has 1 nitrogen and oxygen atoms in total. The van der Waals surface area contributed by atoms with Crippen LogP contribution in [-0.2, 0) is 13.0 Å². The van der Waals surface area contributed by atoms with Crippen LogP contribution in [0.3, 0.4) is 0 Å². The summed E-state index contributed by atoms with van der Waals surface area (Å²) in [6.45, 7) is 3.97. The van der Waals surface area contributed by atoms with Crippen LogP contribution in [-0.4, -0.2) is 0 Å². The van der Waals surface area contributed by atoms with Gasteiger partial charge in [-0.3, -0.25) is 0 Å². The molecule has 0 amide bonds. The van der Waals surface area contributed by atoms with Crippen molar-refractivity contribution in [1.82, 2.24) is 0 Å². The minimum atomic E-state index is -0.870. The Morgan fingerprint density at radius 3 is 2.03 bits per heavy atom. The van der Waals surface area contributed by atoms with Gasteiger partial charge in [0.1, 0.15) is 12.4 Å². The van der Waals surface area contributed by atoms with E-state index in [0.29, 0.717) is 34.8 Å². The minimum Gasteiger partial charge on any atom is -0.489 e. The maximum absolute atomic E-state index is 14.8. The zero-order chi connectivity index (χ0) is 24.9. The maximum atomic E-state index is 14.8. The van der Waals surface area contributed by atoms with E-state index >= 15 is 0 Å². The summed E-state index contributed by atoms with van der Waals surface area (Å²) in [5.41, 5.74) is 1.66. The Labute approximate surface area is 205 Å². The molecule has 0 atom stereocenters. The topological polar surface area (TPSA) is 9.23 Å². The van der Waals surface area contributed by atoms with E-state index in [1.165, 1.54) is 0 Å². The molecule has 1 saturated carbocycles. The van der Waals surface area contributed by atoms with Gasteiger partial charge in [-0.1, -0.05) is 63.1 Å². The second kappa shape index (κ2) is 11.3. The third-order valence-electron chi connectivity index (χ3n) is 7.30. The second-order valence-electron chi connectivity index (χ2n) is 9.53. The monoisotopic (exact) mass is 484 g/mol. The molecule has 0 saturated heterocycles. The predicted molar refractivity (Wildman–Crippen MR) is 131 cm³/mol. The first kappa shape index (κ1) is 25.3. The first-order valence-electron chi connectivity index (χ1n) is 12.6. The molecule has 0 bridgehead atoms. The highest BCUT2D eigenvalue weighted by Crippen LogP contribution is 2.38. The van der Waals surface area contributed by atoms with E-state index in [9.17, 15) is 17.6 Å². The zero-order valence-electron chi connectivity index (χ0n) is 20.4. The molecule has 1 aliphatic rings. The number of benzene rings is 3. The van der Waals surface area contributed by atoms with E-state index in [4.69, 9.17) is 4.74 Å². The summed E-state index contributed by atoms with van der Waals surface area (Å²) in [5, 5.41) is 0. The molecule has 0 N–H and O–H groups in total. The van der Waals surface area contributed by atoms with Crippen molar-refractivity contribution in [2.45, 2.75) is 71.3 Å². The van der Waals surface area contributed by atoms with E-state index in [1.54, 1.807) is 48.5 Å². The van der Waals surface area contributed by atoms with Crippen molar-refractivity contribution in [1.29, 1.82) is 0 Å². The first-order valence-corrected chi connectivity index (χ1v) is 12.6. The molecule has 3 aromatic rings. The molecule has 35 heavy (non-hydrogen) atoms. The molecule has 0 aromatic heterocycles. The fourth-order valence-electron chi connectivity index (χ4n) is 5.08. The van der Waals surface area contributed by atoms with Gasteiger partial charge in [0, 0.05) is 11.1 Å². The molecular formula is C30H32F4O. The van der Waals surface area contributed by atoms with Gasteiger partial charge in [0.25, 0.3) is 0 Å². The van der Waals surface area contributed by atoms with E-state index < -0.39 is 23.3 Å². The van der Waals surface area contributed by atoms with Crippen molar-refractivity contribution >= 4 is 0 Å². The van der Waals surface area contributed by atoms with Crippen LogP contribution < -0.4 is 4.74 Å². The van der Waals surface area contributed by atoms with Crippen LogP contribution >= 0.6 is 0 Å². The normalized spacial score (nSPS) is 18.0. The number of ether oxygens (including phenoxy) is 1. The Bertz CT molecular complexity index is 1150. The summed E-state index contributed by atoms with van der Waals surface area (Å²) in [6, 6.07) is 13.0. The third kappa shape index (κ3) is 5.55. The number of hydrogen-bond acceptors (Lipinski definition) is 1. The van der Waals surface area contributed by atoms with E-state index in [2.05, 4.69) is 6.92 Å². The van der Waals surface area contributed by atoms with Gasteiger partial charge in [-0.15, -0.1) is 0 Å². The Hall–Kier alpha value is -2.82. The van der Waals surface area contributed by atoms with Gasteiger partial charge < -0.3 is 4.74 Å². The highest BCUT2D eigenvalue weighted by molar-refractivity contribution is 5.65. The summed E-state index contributed by atoms with van der Waals surface area (Å²) >= 11 is 0. The van der Waals surface area contributed by atoms with Crippen molar-refractivity contribution in [2.75, 3.05) is 0 Å². The largest absolute Gasteiger partial charge is 0.489 e. The number of hydrogen-bond donors (Lipinski definition) is 0. The van der Waals surface area contributed by atoms with Gasteiger partial charge >= 0.3 is 0 Å². The van der Waals surface area contributed by atoms with Crippen LogP contribution in [0.5, 0.6) is 5.75 Å². The molecule has 1 fully saturated rings. The zero-order valence-corrected chi connectivity index (χ0v) is 20.4. The lowest BCUT2D eigenvalue weighted by Crippen LogP contribution is -2.15. The molecule has 1 aliphatic carbocycles. The molecule has 0 heterocycles. The summed E-state index contributed by atoms with van der Waals surface area (Å²) in [6.07, 6.45) is 6.25. The van der Waals surface area contributed by atoms with Crippen molar-refractivity contribution in [3.8, 4) is 16.9 Å². The maximum Gasteiger partial charge on any atom is 0.166 e. The lowest BCUT2D eigenvalue weighted by Gasteiger charge is -2.28. The predicted octanol–water partition coefficient (Wildman–Crippen LogP) is 9.13. The van der Waals surface area contributed by atoms with E-state index in [-0.39, 0.29) is 23.7 Å². The Kier molecular flexibility index (Phi) is 8.15. The minimum absolute atomic E-state index is 0.0658. The number of halogens is 4. The van der Waals surface area contributed by atoms with E-state index in [0.717, 1.165) is 38.5 Å². The second-order valence-corrected chi connectivity index (χ2v) is 9.53. The highest BCUT2D eigenvalue weighted by Gasteiger charge is 2.25. The molecule has 0 spiro atoms. The SMILES string of the molecule is CCCc1ccc(-c2ccc(OCc3ccc(C4CCC(CC)CC4)c(F)c3F)cc2)c(F)c1F. The van der Waals surface area contributed by atoms with Crippen LogP contribution in [0.25, 0.3) is 11.1 Å². The number of rotatable bonds is 8. The van der Waals surface area contributed by atoms with Gasteiger partial charge in [0.2, 0.25) is 0 Å². The Morgan fingerprint density at radius 1 is 0.714 bits per heavy atom. The summed E-state index contributed by atoms with van der Waals surface area (Å²) in [7, 11) is 0. The average Bonchev–Trinajstić information content (AvgIpc) is 2.88. The number of aryl methyl sites for hydroxylation is 1. The average molecular weight is 485 g/mol. The standard InChI is InChI=1S/C30H32F4O/c1-3-5-22-12-16-25(29(33)27(22)31)21-10-14-24(15-11-21)35-18-23-13-17-26(30(34)28(23)32)20-8-6-19(4-2)7-9-20/h10-17,19-20H,3-9,18H2,1-2H3. The van der Waals surface area contributed by atoms with Crippen molar-refractivity contribution in [3.05, 3.63) is 88.5 Å². The quantitative estimate of drug-likeness (QED) is 0.290. The van der Waals surface area contributed by atoms with Crippen LogP contribution in [0.2, 0.25) is 0 Å². The molecule has 0 aliphatic heterocycles. The van der Waals surface area contributed by atoms with Crippen molar-refractivity contribution in [3.63, 3.8) is 0 Å². The lowest BCUT2D eigenvalue weighted by molar-refractivity contribution is 0.294. The lowest BCUT2D eigenvalue weighted by atomic mass is 9.77. The van der Waals surface area contributed by atoms with Crippen LogP contribution in [0.1, 0.15) is 75.0 Å². The molecule has 5 heteroatoms. The van der Waals surface area contributed by atoms with Gasteiger partial charge in [0.05, 0.1) is 0 Å². The molecule has 186 valence electrons. The smallest absolute Gasteiger partial charge is 0.166 e. The Morgan fingerprint density at radius 2 is 1.37 bits per heavy atom. The summed E-state index contributed by atoms with van der Waals surface area (Å²) in [4.78, 5) is 0. The van der Waals surface area contributed by atoms with Crippen molar-refractivity contribution < 1.29 is 22.3 Å². The van der Waals surface area contributed by atoms with Crippen LogP contribution in [0.15, 0.2) is 48.5 Å². The van der Waals surface area contributed by atoms with Gasteiger partial charge in [-0.25, -0.2) is 17.6 Å². The summed E-state index contributed by atoms with van der Waals surface area (Å²) in [5.74, 6) is -2.13. The molecule has 4 rings (SSSR count). The van der Waals surface area contributed by atoms with Crippen molar-refractivity contribution in [2.24, 2.45) is 5.92 Å². The fourth-order valence-corrected chi connectivity index (χ4v) is 5.08. The van der Waals surface area contributed by atoms with Gasteiger partial charge in [0.15, 0.2) is 23.3 Å². The molecule has 3 aromatic carbocycles. The van der Waals surface area contributed by atoms with Gasteiger partial charge in [-0.05, 0) is 72.8 Å². The molecule has 0 radical (unpaired) electrons. The first-order chi connectivity index (χ1) is 16.9. The van der Waals surface area contributed by atoms with Crippen LogP contribution in [0, 0.1) is 29.2 Å². The van der Waals surface area contributed by atoms with Gasteiger partial charge in [-0.2, -0.15) is 0 Å².